The van der Waals surface area contributed by atoms with Crippen LogP contribution in [0.3, 0.4) is 0 Å². The van der Waals surface area contributed by atoms with Gasteiger partial charge in [-0.25, -0.2) is 0 Å². The molecule has 2 aromatic carbocycles. The third kappa shape index (κ3) is 2.44. The van der Waals surface area contributed by atoms with E-state index in [4.69, 9.17) is 11.6 Å². The van der Waals surface area contributed by atoms with Gasteiger partial charge in [0.05, 0.1) is 9.50 Å². The van der Waals surface area contributed by atoms with Crippen LogP contribution in [0, 0.1) is 0 Å². The summed E-state index contributed by atoms with van der Waals surface area (Å²) in [4.78, 5) is 0. The third-order valence-electron chi connectivity index (χ3n) is 2.09. The maximum atomic E-state index is 6.09. The van der Waals surface area contributed by atoms with Crippen molar-refractivity contribution in [1.82, 2.24) is 0 Å². The quantitative estimate of drug-likeness (QED) is 0.595. The predicted octanol–water partition coefficient (Wildman–Crippen LogP) is 5.53. The first-order valence-corrected chi connectivity index (χ1v) is 6.35. The van der Waals surface area contributed by atoms with E-state index in [1.54, 1.807) is 0 Å². The van der Waals surface area contributed by atoms with Crippen molar-refractivity contribution >= 4 is 43.5 Å². The first-order chi connectivity index (χ1) is 7.18. The fourth-order valence-corrected chi connectivity index (χ4v) is 2.38. The Labute approximate surface area is 111 Å². The Bertz CT molecular complexity index is 457. The fourth-order valence-electron chi connectivity index (χ4n) is 1.35. The van der Waals surface area contributed by atoms with Gasteiger partial charge < -0.3 is 0 Å². The average molecular weight is 346 g/mol. The second kappa shape index (κ2) is 4.69. The summed E-state index contributed by atoms with van der Waals surface area (Å²) >= 11 is 13.0. The summed E-state index contributed by atoms with van der Waals surface area (Å²) in [6.07, 6.45) is 0. The maximum absolute atomic E-state index is 6.09. The molecule has 3 heteroatoms. The molecule has 0 saturated carbocycles. The maximum Gasteiger partial charge on any atom is 0.0565 e. The average Bonchev–Trinajstić information content (AvgIpc) is 2.26. The summed E-state index contributed by atoms with van der Waals surface area (Å²) in [5.74, 6) is 0. The lowest BCUT2D eigenvalue weighted by atomic mass is 10.1. The first-order valence-electron chi connectivity index (χ1n) is 4.38. The monoisotopic (exact) mass is 344 g/mol. The van der Waals surface area contributed by atoms with Gasteiger partial charge in [0.15, 0.2) is 0 Å². The normalized spacial score (nSPS) is 10.3. The topological polar surface area (TPSA) is 0 Å². The van der Waals surface area contributed by atoms with E-state index in [9.17, 15) is 0 Å². The molecule has 0 aliphatic rings. The molecule has 0 heterocycles. The molecule has 0 N–H and O–H groups in total. The van der Waals surface area contributed by atoms with E-state index in [1.807, 2.05) is 30.3 Å². The molecular weight excluding hydrogens is 339 g/mol. The van der Waals surface area contributed by atoms with E-state index in [1.165, 1.54) is 0 Å². The van der Waals surface area contributed by atoms with E-state index < -0.39 is 0 Å². The summed E-state index contributed by atoms with van der Waals surface area (Å²) < 4.78 is 1.86. The van der Waals surface area contributed by atoms with Crippen LogP contribution in [0.25, 0.3) is 11.1 Å². The van der Waals surface area contributed by atoms with E-state index in [-0.39, 0.29) is 0 Å². The van der Waals surface area contributed by atoms with Gasteiger partial charge in [-0.15, -0.1) is 0 Å². The van der Waals surface area contributed by atoms with Gasteiger partial charge in [0.2, 0.25) is 0 Å². The predicted molar refractivity (Wildman–Crippen MR) is 72.3 cm³/mol. The zero-order chi connectivity index (χ0) is 10.8. The smallest absolute Gasteiger partial charge is 0.0565 e. The summed E-state index contributed by atoms with van der Waals surface area (Å²) in [7, 11) is 0. The number of hydrogen-bond acceptors (Lipinski definition) is 0. The summed E-state index contributed by atoms with van der Waals surface area (Å²) in [6.45, 7) is 0. The van der Waals surface area contributed by atoms with E-state index >= 15 is 0 Å². The zero-order valence-corrected chi connectivity index (χ0v) is 11.6. The minimum atomic E-state index is 0.711. The molecule has 0 unspecified atom stereocenters. The molecule has 0 saturated heterocycles. The molecule has 0 atom stereocenters. The van der Waals surface area contributed by atoms with Gasteiger partial charge in [0, 0.05) is 4.47 Å². The van der Waals surface area contributed by atoms with Crippen molar-refractivity contribution in [3.63, 3.8) is 0 Å². The van der Waals surface area contributed by atoms with Crippen LogP contribution in [0.15, 0.2) is 51.4 Å². The van der Waals surface area contributed by atoms with Crippen molar-refractivity contribution in [2.24, 2.45) is 0 Å². The van der Waals surface area contributed by atoms with E-state index in [0.29, 0.717) is 5.02 Å². The van der Waals surface area contributed by atoms with Crippen LogP contribution in [-0.2, 0) is 0 Å². The largest absolute Gasteiger partial charge is 0.0830 e. The molecule has 0 fully saturated rings. The highest BCUT2D eigenvalue weighted by Gasteiger charge is 2.05. The second-order valence-electron chi connectivity index (χ2n) is 3.12. The Hall–Kier alpha value is -0.310. The third-order valence-corrected chi connectivity index (χ3v) is 4.63. The standard InChI is InChI=1S/C12H7Br2Cl/c13-10-6-9(7-11(15)12(10)14)8-4-2-1-3-5-8/h1-7H. The van der Waals surface area contributed by atoms with Gasteiger partial charge in [0.1, 0.15) is 0 Å². The van der Waals surface area contributed by atoms with Gasteiger partial charge in [-0.1, -0.05) is 41.9 Å². The van der Waals surface area contributed by atoms with Crippen LogP contribution in [0.2, 0.25) is 5.02 Å². The Morgan fingerprint density at radius 2 is 1.53 bits per heavy atom. The molecule has 2 rings (SSSR count). The van der Waals surface area contributed by atoms with Gasteiger partial charge in [-0.3, -0.25) is 0 Å². The summed E-state index contributed by atoms with van der Waals surface area (Å²) in [6, 6.07) is 14.1. The highest BCUT2D eigenvalue weighted by atomic mass is 79.9. The Morgan fingerprint density at radius 3 is 2.13 bits per heavy atom. The van der Waals surface area contributed by atoms with Crippen molar-refractivity contribution in [3.05, 3.63) is 56.4 Å². The van der Waals surface area contributed by atoms with E-state index in [2.05, 4.69) is 44.0 Å². The van der Waals surface area contributed by atoms with Crippen LogP contribution in [0.5, 0.6) is 0 Å². The minimum Gasteiger partial charge on any atom is -0.0830 e. The van der Waals surface area contributed by atoms with Crippen LogP contribution >= 0.6 is 43.5 Å². The highest BCUT2D eigenvalue weighted by Crippen LogP contribution is 2.35. The number of halogens is 3. The van der Waals surface area contributed by atoms with Crippen molar-refractivity contribution in [3.8, 4) is 11.1 Å². The fraction of sp³-hybridized carbons (Fsp3) is 0. The highest BCUT2D eigenvalue weighted by molar-refractivity contribution is 9.13. The molecule has 0 bridgehead atoms. The van der Waals surface area contributed by atoms with Crippen LogP contribution in [-0.4, -0.2) is 0 Å². The van der Waals surface area contributed by atoms with Crippen molar-refractivity contribution in [2.75, 3.05) is 0 Å². The second-order valence-corrected chi connectivity index (χ2v) is 5.17. The first kappa shape index (κ1) is 11.2. The number of rotatable bonds is 1. The van der Waals surface area contributed by atoms with Gasteiger partial charge in [-0.2, -0.15) is 0 Å². The molecule has 0 aromatic heterocycles. The molecule has 0 nitrogen and oxygen atoms in total. The van der Waals surface area contributed by atoms with E-state index in [0.717, 1.165) is 20.1 Å². The van der Waals surface area contributed by atoms with Crippen LogP contribution in [0.4, 0.5) is 0 Å². The van der Waals surface area contributed by atoms with Crippen molar-refractivity contribution < 1.29 is 0 Å². The van der Waals surface area contributed by atoms with Crippen molar-refractivity contribution in [1.29, 1.82) is 0 Å². The SMILES string of the molecule is Clc1cc(-c2ccccc2)cc(Br)c1Br. The molecule has 76 valence electrons. The molecule has 2 aromatic rings. The molecule has 15 heavy (non-hydrogen) atoms. The van der Waals surface area contributed by atoms with Crippen LogP contribution in [0.1, 0.15) is 0 Å². The van der Waals surface area contributed by atoms with Crippen molar-refractivity contribution in [2.45, 2.75) is 0 Å². The molecule has 0 radical (unpaired) electrons. The minimum absolute atomic E-state index is 0.711. The van der Waals surface area contributed by atoms with Crippen LogP contribution < -0.4 is 0 Å². The molecule has 0 aliphatic carbocycles. The molecular formula is C12H7Br2Cl. The lowest BCUT2D eigenvalue weighted by molar-refractivity contribution is 1.55. The van der Waals surface area contributed by atoms with Gasteiger partial charge in [0.25, 0.3) is 0 Å². The lowest BCUT2D eigenvalue weighted by Gasteiger charge is -2.05. The Morgan fingerprint density at radius 1 is 0.867 bits per heavy atom. The molecule has 0 amide bonds. The summed E-state index contributed by atoms with van der Waals surface area (Å²) in [5, 5.41) is 0.711. The van der Waals surface area contributed by atoms with Gasteiger partial charge in [-0.05, 0) is 55.1 Å². The Kier molecular flexibility index (Phi) is 3.49. The number of hydrogen-bond donors (Lipinski definition) is 0. The number of benzene rings is 2. The van der Waals surface area contributed by atoms with Gasteiger partial charge >= 0.3 is 0 Å². The zero-order valence-electron chi connectivity index (χ0n) is 7.68. The Balaban J connectivity index is 2.56. The summed E-state index contributed by atoms with van der Waals surface area (Å²) in [5.41, 5.74) is 2.27. The lowest BCUT2D eigenvalue weighted by Crippen LogP contribution is -1.79. The molecule has 0 aliphatic heterocycles. The molecule has 0 spiro atoms.